The highest BCUT2D eigenvalue weighted by atomic mass is 16.5. The number of nitrogens with zero attached hydrogens (tertiary/aromatic N) is 2. The Labute approximate surface area is 145 Å². The second-order valence-corrected chi connectivity index (χ2v) is 5.43. The lowest BCUT2D eigenvalue weighted by Gasteiger charge is -2.08. The smallest absolute Gasteiger partial charge is 0.337 e. The molecule has 0 saturated heterocycles. The predicted molar refractivity (Wildman–Crippen MR) is 93.5 cm³/mol. The molecule has 126 valence electrons. The zero-order chi connectivity index (χ0) is 17.6. The Hall–Kier alpha value is -3.41. The molecule has 1 N–H and O–H groups in total. The Morgan fingerprint density at radius 3 is 2.56 bits per heavy atom. The van der Waals surface area contributed by atoms with Gasteiger partial charge in [-0.1, -0.05) is 18.2 Å². The molecule has 3 rings (SSSR count). The van der Waals surface area contributed by atoms with Crippen molar-refractivity contribution in [1.29, 1.82) is 0 Å². The number of aromatic nitrogens is 2. The molecule has 0 fully saturated rings. The molecular weight excluding hydrogens is 318 g/mol. The standard InChI is InChI=1S/C19H17N3O3/c1-25-19(24)16-4-2-5-17(12-16)21-18(23)15-8-6-14(7-9-15)13-22-11-3-10-20-22/h2-12H,13H2,1H3,(H,21,23). The van der Waals surface area contributed by atoms with E-state index in [4.69, 9.17) is 0 Å². The summed E-state index contributed by atoms with van der Waals surface area (Å²) in [6.07, 6.45) is 3.61. The first-order valence-corrected chi connectivity index (χ1v) is 7.72. The number of hydrogen-bond acceptors (Lipinski definition) is 4. The molecule has 0 aliphatic rings. The Bertz CT molecular complexity index is 871. The summed E-state index contributed by atoms with van der Waals surface area (Å²) < 4.78 is 6.49. The fourth-order valence-electron chi connectivity index (χ4n) is 2.39. The van der Waals surface area contributed by atoms with E-state index < -0.39 is 5.97 Å². The SMILES string of the molecule is COC(=O)c1cccc(NC(=O)c2ccc(Cn3cccn3)cc2)c1. The van der Waals surface area contributed by atoms with Gasteiger partial charge in [0.05, 0.1) is 19.2 Å². The van der Waals surface area contributed by atoms with E-state index in [2.05, 4.69) is 15.2 Å². The van der Waals surface area contributed by atoms with E-state index >= 15 is 0 Å². The minimum atomic E-state index is -0.445. The summed E-state index contributed by atoms with van der Waals surface area (Å²) in [7, 11) is 1.32. The second-order valence-electron chi connectivity index (χ2n) is 5.43. The summed E-state index contributed by atoms with van der Waals surface area (Å²) in [6, 6.07) is 15.8. The number of rotatable bonds is 5. The molecule has 0 saturated carbocycles. The first-order valence-electron chi connectivity index (χ1n) is 7.72. The van der Waals surface area contributed by atoms with Crippen LogP contribution in [0.15, 0.2) is 67.0 Å². The number of anilines is 1. The van der Waals surface area contributed by atoms with Gasteiger partial charge in [-0.25, -0.2) is 4.79 Å². The van der Waals surface area contributed by atoms with Gasteiger partial charge < -0.3 is 10.1 Å². The van der Waals surface area contributed by atoms with Gasteiger partial charge in [0.25, 0.3) is 5.91 Å². The van der Waals surface area contributed by atoms with Crippen LogP contribution in [0.1, 0.15) is 26.3 Å². The molecule has 0 unspecified atom stereocenters. The van der Waals surface area contributed by atoms with Crippen molar-refractivity contribution in [3.8, 4) is 0 Å². The normalized spacial score (nSPS) is 10.3. The van der Waals surface area contributed by atoms with Crippen molar-refractivity contribution >= 4 is 17.6 Å². The van der Waals surface area contributed by atoms with Gasteiger partial charge in [-0.15, -0.1) is 0 Å². The maximum absolute atomic E-state index is 12.3. The molecule has 25 heavy (non-hydrogen) atoms. The molecule has 1 amide bonds. The summed E-state index contributed by atoms with van der Waals surface area (Å²) in [5.41, 5.74) is 2.50. The average molecular weight is 335 g/mol. The van der Waals surface area contributed by atoms with Gasteiger partial charge in [0.15, 0.2) is 0 Å². The highest BCUT2D eigenvalue weighted by Crippen LogP contribution is 2.14. The molecule has 0 aliphatic heterocycles. The minimum Gasteiger partial charge on any atom is -0.465 e. The number of amides is 1. The maximum atomic E-state index is 12.3. The van der Waals surface area contributed by atoms with Gasteiger partial charge in [0.2, 0.25) is 0 Å². The fourth-order valence-corrected chi connectivity index (χ4v) is 2.39. The van der Waals surface area contributed by atoms with Crippen LogP contribution in [0.4, 0.5) is 5.69 Å². The molecule has 6 heteroatoms. The lowest BCUT2D eigenvalue weighted by molar-refractivity contribution is 0.0600. The minimum absolute atomic E-state index is 0.243. The summed E-state index contributed by atoms with van der Waals surface area (Å²) in [6.45, 7) is 0.649. The molecule has 2 aromatic carbocycles. The second kappa shape index (κ2) is 7.44. The van der Waals surface area contributed by atoms with Gasteiger partial charge >= 0.3 is 5.97 Å². The van der Waals surface area contributed by atoms with E-state index in [0.717, 1.165) is 5.56 Å². The molecule has 1 heterocycles. The summed E-state index contributed by atoms with van der Waals surface area (Å²) in [5, 5.41) is 6.93. The third-order valence-electron chi connectivity index (χ3n) is 3.66. The number of benzene rings is 2. The molecule has 0 bridgehead atoms. The van der Waals surface area contributed by atoms with Crippen LogP contribution in [0.25, 0.3) is 0 Å². The topological polar surface area (TPSA) is 73.2 Å². The van der Waals surface area contributed by atoms with Crippen molar-refractivity contribution in [2.24, 2.45) is 0 Å². The zero-order valence-electron chi connectivity index (χ0n) is 13.7. The Morgan fingerprint density at radius 1 is 1.08 bits per heavy atom. The van der Waals surface area contributed by atoms with Crippen LogP contribution >= 0.6 is 0 Å². The van der Waals surface area contributed by atoms with E-state index in [0.29, 0.717) is 23.4 Å². The average Bonchev–Trinajstić information content (AvgIpc) is 3.15. The van der Waals surface area contributed by atoms with Crippen LogP contribution in [0, 0.1) is 0 Å². The molecule has 0 spiro atoms. The molecular formula is C19H17N3O3. The van der Waals surface area contributed by atoms with E-state index in [1.807, 2.05) is 29.1 Å². The lowest BCUT2D eigenvalue weighted by Crippen LogP contribution is -2.12. The van der Waals surface area contributed by atoms with Gasteiger partial charge in [0.1, 0.15) is 0 Å². The molecule has 0 aliphatic carbocycles. The number of carbonyl (C=O) groups is 2. The number of carbonyl (C=O) groups excluding carboxylic acids is 2. The highest BCUT2D eigenvalue weighted by molar-refractivity contribution is 6.04. The number of esters is 1. The molecule has 0 radical (unpaired) electrons. The monoisotopic (exact) mass is 335 g/mol. The van der Waals surface area contributed by atoms with E-state index in [-0.39, 0.29) is 5.91 Å². The van der Waals surface area contributed by atoms with Crippen LogP contribution in [0.5, 0.6) is 0 Å². The molecule has 6 nitrogen and oxygen atoms in total. The summed E-state index contributed by atoms with van der Waals surface area (Å²) in [4.78, 5) is 23.9. The van der Waals surface area contributed by atoms with Crippen LogP contribution in [-0.4, -0.2) is 28.8 Å². The molecule has 3 aromatic rings. The largest absolute Gasteiger partial charge is 0.465 e. The van der Waals surface area contributed by atoms with Crippen molar-refractivity contribution in [3.05, 3.63) is 83.7 Å². The maximum Gasteiger partial charge on any atom is 0.337 e. The van der Waals surface area contributed by atoms with E-state index in [1.165, 1.54) is 7.11 Å². The van der Waals surface area contributed by atoms with E-state index in [9.17, 15) is 9.59 Å². The highest BCUT2D eigenvalue weighted by Gasteiger charge is 2.09. The molecule has 1 aromatic heterocycles. The third-order valence-corrected chi connectivity index (χ3v) is 3.66. The summed E-state index contributed by atoms with van der Waals surface area (Å²) >= 11 is 0. The lowest BCUT2D eigenvalue weighted by atomic mass is 10.1. The number of methoxy groups -OCH3 is 1. The zero-order valence-corrected chi connectivity index (χ0v) is 13.7. The van der Waals surface area contributed by atoms with Crippen LogP contribution in [0.2, 0.25) is 0 Å². The van der Waals surface area contributed by atoms with Crippen molar-refractivity contribution < 1.29 is 14.3 Å². The van der Waals surface area contributed by atoms with Gasteiger partial charge in [-0.2, -0.15) is 5.10 Å². The van der Waals surface area contributed by atoms with Crippen LogP contribution in [0.3, 0.4) is 0 Å². The number of ether oxygens (including phenoxy) is 1. The quantitative estimate of drug-likeness (QED) is 0.728. The van der Waals surface area contributed by atoms with Gasteiger partial charge in [-0.3, -0.25) is 9.48 Å². The number of hydrogen-bond donors (Lipinski definition) is 1. The fraction of sp³-hybridized carbons (Fsp3) is 0.105. The van der Waals surface area contributed by atoms with Crippen molar-refractivity contribution in [2.75, 3.05) is 12.4 Å². The first kappa shape index (κ1) is 16.4. The van der Waals surface area contributed by atoms with Crippen molar-refractivity contribution in [2.45, 2.75) is 6.54 Å². The van der Waals surface area contributed by atoms with Gasteiger partial charge in [0, 0.05) is 23.6 Å². The molecule has 0 atom stereocenters. The number of nitrogens with one attached hydrogen (secondary N) is 1. The van der Waals surface area contributed by atoms with Crippen molar-refractivity contribution in [1.82, 2.24) is 9.78 Å². The Kier molecular flexibility index (Phi) is 4.89. The Balaban J connectivity index is 1.68. The Morgan fingerprint density at radius 2 is 1.88 bits per heavy atom. The van der Waals surface area contributed by atoms with Gasteiger partial charge in [-0.05, 0) is 42.0 Å². The van der Waals surface area contributed by atoms with Crippen LogP contribution in [-0.2, 0) is 11.3 Å². The first-order chi connectivity index (χ1) is 12.2. The van der Waals surface area contributed by atoms with Crippen molar-refractivity contribution in [3.63, 3.8) is 0 Å². The predicted octanol–water partition coefficient (Wildman–Crippen LogP) is 2.97. The van der Waals surface area contributed by atoms with E-state index in [1.54, 1.807) is 42.6 Å². The summed E-state index contributed by atoms with van der Waals surface area (Å²) in [5.74, 6) is -0.688. The van der Waals surface area contributed by atoms with Crippen LogP contribution < -0.4 is 5.32 Å². The third kappa shape index (κ3) is 4.11.